The first-order chi connectivity index (χ1) is 38.3. The molecule has 4 rings (SSSR count). The summed E-state index contributed by atoms with van der Waals surface area (Å²) in [6.45, 7) is 12.5. The van der Waals surface area contributed by atoms with Crippen molar-refractivity contribution in [3.05, 3.63) is 41.7 Å². The number of aliphatic hydroxyl groups is 4. The summed E-state index contributed by atoms with van der Waals surface area (Å²) in [7, 11) is 1.45. The molecule has 0 bridgehead atoms. The minimum absolute atomic E-state index is 0.0427. The van der Waals surface area contributed by atoms with Crippen molar-refractivity contribution >= 4 is 41.4 Å². The number of ether oxygens (including phenoxy) is 7. The zero-order valence-electron chi connectivity index (χ0n) is 48.2. The van der Waals surface area contributed by atoms with E-state index in [1.54, 1.807) is 83.6 Å². The minimum atomic E-state index is -1.61. The number of aromatic nitrogens is 3. The fourth-order valence-electron chi connectivity index (χ4n) is 8.77. The number of carbonyl (C=O) groups excluding carboxylic acids is 7. The SMILES string of the molecule is CCOC(=O)[C@H](Cc1ccc(OCCNC(=O)CC2O[C@@H](OC3CC(CO)(CO)OC(OC(C)(C)C)C3NC(C)=O)C(O)C(OC(C)(C)C)[C@@H]2O)cc1)NC(=O)CCCCCn1cc(CCCC(=O)NCC(=O)NCC(=O)NC)nn1. The number of rotatable bonds is 32. The van der Waals surface area contributed by atoms with Crippen LogP contribution in [0, 0.1) is 0 Å². The van der Waals surface area contributed by atoms with Gasteiger partial charge in [0.2, 0.25) is 35.4 Å². The molecule has 0 aliphatic carbocycles. The number of carbonyl (C=O) groups is 7. The average Bonchev–Trinajstić information content (AvgIpc) is 3.99. The molecule has 0 spiro atoms. The second kappa shape index (κ2) is 32.7. The number of benzene rings is 1. The molecule has 2 aliphatic heterocycles. The van der Waals surface area contributed by atoms with Gasteiger partial charge in [0, 0.05) is 52.4 Å². The van der Waals surface area contributed by atoms with Gasteiger partial charge in [-0.05, 0) is 91.8 Å². The van der Waals surface area contributed by atoms with E-state index in [0.29, 0.717) is 43.7 Å². The molecule has 2 fully saturated rings. The summed E-state index contributed by atoms with van der Waals surface area (Å²) in [6.07, 6.45) is -4.81. The second-order valence-electron chi connectivity index (χ2n) is 22.0. The first-order valence-corrected chi connectivity index (χ1v) is 27.5. The Bertz CT molecular complexity index is 2320. The third-order valence-electron chi connectivity index (χ3n) is 12.7. The number of hydrogen-bond acceptors (Lipinski definition) is 20. The molecule has 456 valence electrons. The molecule has 6 unspecified atom stereocenters. The molecule has 81 heavy (non-hydrogen) atoms. The Balaban J connectivity index is 1.23. The summed E-state index contributed by atoms with van der Waals surface area (Å²) >= 11 is 0. The largest absolute Gasteiger partial charge is 0.492 e. The lowest BCUT2D eigenvalue weighted by atomic mass is 9.89. The fraction of sp³-hybridized carbons (Fsp3) is 0.722. The van der Waals surface area contributed by atoms with Gasteiger partial charge in [-0.15, -0.1) is 5.10 Å². The van der Waals surface area contributed by atoms with Crippen LogP contribution >= 0.6 is 0 Å². The first kappa shape index (κ1) is 67.6. The molecule has 2 aromatic rings. The topological polar surface area (TPSA) is 368 Å². The van der Waals surface area contributed by atoms with Gasteiger partial charge in [0.05, 0.1) is 75.0 Å². The number of hydrogen-bond donors (Lipinski definition) is 10. The maximum atomic E-state index is 13.4. The lowest BCUT2D eigenvalue weighted by Crippen LogP contribution is -2.67. The van der Waals surface area contributed by atoms with Crippen molar-refractivity contribution in [2.45, 2.75) is 198 Å². The van der Waals surface area contributed by atoms with Crippen molar-refractivity contribution < 1.29 is 87.1 Å². The van der Waals surface area contributed by atoms with Gasteiger partial charge in [-0.25, -0.2) is 4.79 Å². The molecule has 2 saturated heterocycles. The van der Waals surface area contributed by atoms with Gasteiger partial charge < -0.3 is 85.5 Å². The van der Waals surface area contributed by atoms with Crippen LogP contribution in [0.1, 0.15) is 118 Å². The predicted molar refractivity (Wildman–Crippen MR) is 288 cm³/mol. The minimum Gasteiger partial charge on any atom is -0.492 e. The Morgan fingerprint density at radius 3 is 2.12 bits per heavy atom. The molecule has 3 heterocycles. The quantitative estimate of drug-likeness (QED) is 0.0314. The Labute approximate surface area is 472 Å². The summed E-state index contributed by atoms with van der Waals surface area (Å²) < 4.78 is 43.6. The van der Waals surface area contributed by atoms with E-state index in [4.69, 9.17) is 33.2 Å². The molecular formula is C54H87N9O18. The van der Waals surface area contributed by atoms with Gasteiger partial charge in [0.15, 0.2) is 12.6 Å². The highest BCUT2D eigenvalue weighted by atomic mass is 16.7. The molecule has 27 nitrogen and oxygen atoms in total. The highest BCUT2D eigenvalue weighted by Crippen LogP contribution is 2.37. The zero-order valence-corrected chi connectivity index (χ0v) is 48.2. The molecule has 10 N–H and O–H groups in total. The third kappa shape index (κ3) is 23.8. The van der Waals surface area contributed by atoms with E-state index < -0.39 is 115 Å². The molecule has 2 aliphatic rings. The summed E-state index contributed by atoms with van der Waals surface area (Å²) in [5.74, 6) is -2.53. The predicted octanol–water partition coefficient (Wildman–Crippen LogP) is -0.879. The van der Waals surface area contributed by atoms with Gasteiger partial charge in [-0.1, -0.05) is 23.8 Å². The van der Waals surface area contributed by atoms with Crippen molar-refractivity contribution in [2.24, 2.45) is 0 Å². The molecule has 0 saturated carbocycles. The van der Waals surface area contributed by atoms with Gasteiger partial charge in [-0.2, -0.15) is 0 Å². The van der Waals surface area contributed by atoms with Crippen molar-refractivity contribution in [1.82, 2.24) is 46.9 Å². The number of esters is 1. The van der Waals surface area contributed by atoms with Crippen LogP contribution in [-0.4, -0.2) is 202 Å². The van der Waals surface area contributed by atoms with E-state index in [0.717, 1.165) is 12.0 Å². The van der Waals surface area contributed by atoms with Crippen LogP contribution < -0.4 is 36.6 Å². The molecule has 1 aromatic carbocycles. The van der Waals surface area contributed by atoms with Crippen molar-refractivity contribution in [3.63, 3.8) is 0 Å². The van der Waals surface area contributed by atoms with Gasteiger partial charge in [0.25, 0.3) is 0 Å². The van der Waals surface area contributed by atoms with Crippen LogP contribution in [0.5, 0.6) is 5.75 Å². The molecule has 0 radical (unpaired) electrons. The second-order valence-corrected chi connectivity index (χ2v) is 22.0. The summed E-state index contributed by atoms with van der Waals surface area (Å²) in [5.41, 5.74) is -1.84. The summed E-state index contributed by atoms with van der Waals surface area (Å²) in [4.78, 5) is 86.9. The number of aryl methyl sites for hydroxylation is 2. The Kier molecular flexibility index (Phi) is 27.3. The fourth-order valence-corrected chi connectivity index (χ4v) is 8.77. The van der Waals surface area contributed by atoms with Gasteiger partial charge >= 0.3 is 5.97 Å². The molecule has 9 atom stereocenters. The van der Waals surface area contributed by atoms with Crippen molar-refractivity contribution in [2.75, 3.05) is 53.1 Å². The molecule has 6 amide bonds. The zero-order chi connectivity index (χ0) is 59.9. The van der Waals surface area contributed by atoms with E-state index in [2.05, 4.69) is 42.2 Å². The van der Waals surface area contributed by atoms with Crippen LogP contribution in [0.3, 0.4) is 0 Å². The van der Waals surface area contributed by atoms with E-state index >= 15 is 0 Å². The van der Waals surface area contributed by atoms with Crippen LogP contribution in [0.15, 0.2) is 30.5 Å². The molecular weight excluding hydrogens is 1060 g/mol. The third-order valence-corrected chi connectivity index (χ3v) is 12.7. The highest BCUT2D eigenvalue weighted by molar-refractivity contribution is 5.88. The average molecular weight is 1150 g/mol. The van der Waals surface area contributed by atoms with E-state index in [9.17, 15) is 54.0 Å². The maximum absolute atomic E-state index is 13.4. The van der Waals surface area contributed by atoms with Gasteiger partial charge in [0.1, 0.15) is 48.4 Å². The summed E-state index contributed by atoms with van der Waals surface area (Å²) in [6, 6.07) is 4.90. The van der Waals surface area contributed by atoms with Crippen LogP contribution in [0.4, 0.5) is 0 Å². The van der Waals surface area contributed by atoms with E-state index in [1.165, 1.54) is 14.0 Å². The lowest BCUT2D eigenvalue weighted by molar-refractivity contribution is -0.353. The number of unbranched alkanes of at least 4 members (excludes halogenated alkanes) is 2. The van der Waals surface area contributed by atoms with Crippen molar-refractivity contribution in [1.29, 1.82) is 0 Å². The number of amides is 6. The van der Waals surface area contributed by atoms with E-state index in [1.807, 2.05) is 0 Å². The number of nitrogens with one attached hydrogen (secondary N) is 6. The first-order valence-electron chi connectivity index (χ1n) is 27.5. The standard InChI is InChI=1S/C54H87N9O18/c1-10-75-49(74)37(60-41(68)16-12-11-13-23-63-30-35(61-62-63)15-14-17-40(67)57-29-44(71)58-28-43(70)55-9)25-34-18-20-36(21-19-34)76-24-22-56-42(69)26-38-46(72)48(79-52(3,4)5)47(73)51(77-38)78-39-27-54(31-64,32-65)81-50(80-53(6,7)8)45(39)59-33(2)66/h18-21,30,37-39,45-48,50-51,64-65,72-73H,10-17,22-29,31-32H2,1-9H3,(H,55,70)(H,56,69)(H,57,67)(H,58,71)(H,59,66)(H,60,68)/t37-,38?,39?,45?,46+,47?,48?,50?,51-/m0/s1. The van der Waals surface area contributed by atoms with Crippen LogP contribution in [-0.2, 0) is 81.4 Å². The maximum Gasteiger partial charge on any atom is 0.328 e. The van der Waals surface area contributed by atoms with E-state index in [-0.39, 0.29) is 76.3 Å². The van der Waals surface area contributed by atoms with Gasteiger partial charge in [-0.3, -0.25) is 33.4 Å². The Hall–Kier alpha value is -5.91. The Morgan fingerprint density at radius 2 is 1.48 bits per heavy atom. The number of likely N-dealkylation sites (N-methyl/N-ethyl adjacent to an activating group) is 1. The smallest absolute Gasteiger partial charge is 0.328 e. The summed E-state index contributed by atoms with van der Waals surface area (Å²) in [5, 5.41) is 67.8. The number of nitrogens with zero attached hydrogens (tertiary/aromatic N) is 3. The van der Waals surface area contributed by atoms with Crippen molar-refractivity contribution in [3.8, 4) is 5.75 Å². The molecule has 27 heteroatoms. The monoisotopic (exact) mass is 1150 g/mol. The lowest BCUT2D eigenvalue weighted by Gasteiger charge is -2.50. The molecule has 1 aromatic heterocycles. The highest BCUT2D eigenvalue weighted by Gasteiger charge is 2.54. The Morgan fingerprint density at radius 1 is 0.815 bits per heavy atom. The van der Waals surface area contributed by atoms with Crippen LogP contribution in [0.25, 0.3) is 0 Å². The van der Waals surface area contributed by atoms with Crippen LogP contribution in [0.2, 0.25) is 0 Å². The normalized spacial score (nSPS) is 22.1. The number of aliphatic hydroxyl groups excluding tert-OH is 4.